The number of hydrogen-bond donors (Lipinski definition) is 2. The molecule has 2 rings (SSSR count). The van der Waals surface area contributed by atoms with Crippen LogP contribution in [0, 0.1) is 20.8 Å². The predicted octanol–water partition coefficient (Wildman–Crippen LogP) is 4.94. The Balaban J connectivity index is 0.000000658. The number of ketones is 1. The summed E-state index contributed by atoms with van der Waals surface area (Å²) >= 11 is 0. The van der Waals surface area contributed by atoms with Crippen molar-refractivity contribution in [1.82, 2.24) is 4.90 Å². The lowest BCUT2D eigenvalue weighted by Crippen LogP contribution is -2.27. The predicted molar refractivity (Wildman–Crippen MR) is 138 cm³/mol. The van der Waals surface area contributed by atoms with Crippen LogP contribution in [0.3, 0.4) is 0 Å². The molecule has 0 heterocycles. The van der Waals surface area contributed by atoms with Crippen molar-refractivity contribution in [3.63, 3.8) is 0 Å². The number of benzene rings is 2. The highest BCUT2D eigenvalue weighted by Crippen LogP contribution is 2.23. The van der Waals surface area contributed by atoms with Gasteiger partial charge in [-0.2, -0.15) is 0 Å². The average molecular weight is 482 g/mol. The van der Waals surface area contributed by atoms with Crippen LogP contribution in [0.2, 0.25) is 0 Å². The number of carbonyl (C=O) groups excluding carboxylic acids is 1. The Labute approximate surface area is 207 Å². The minimum absolute atomic E-state index is 0.0305. The van der Waals surface area contributed by atoms with Crippen LogP contribution >= 0.6 is 0 Å². The standard InChI is InChI=1S/C24H31NO2.C4H4O4/c1-6-25(7-2)14-15-27-22-16-19(4)24(20(5)17-22)23(26)13-12-21-11-9-8-10-18(21)3;5-3(6)1-2-4(7)8/h8-13,16-17H,6-7,14-15H2,1-5H3;1-2H,(H,5,6)(H,7,8). The molecule has 0 aliphatic heterocycles. The lowest BCUT2D eigenvalue weighted by atomic mass is 9.97. The number of carboxylic acids is 2. The number of hydrogen-bond acceptors (Lipinski definition) is 5. The first kappa shape index (κ1) is 29.3. The summed E-state index contributed by atoms with van der Waals surface area (Å²) < 4.78 is 5.91. The first-order valence-electron chi connectivity index (χ1n) is 11.5. The van der Waals surface area contributed by atoms with Crippen molar-refractivity contribution < 1.29 is 29.3 Å². The normalized spacial score (nSPS) is 10.9. The molecule has 0 saturated heterocycles. The van der Waals surface area contributed by atoms with Crippen molar-refractivity contribution >= 4 is 23.8 Å². The molecule has 0 saturated carbocycles. The van der Waals surface area contributed by atoms with E-state index in [1.807, 2.05) is 63.2 Å². The van der Waals surface area contributed by atoms with Crippen molar-refractivity contribution in [2.75, 3.05) is 26.2 Å². The molecule has 7 nitrogen and oxygen atoms in total. The number of allylic oxidation sites excluding steroid dienone is 1. The smallest absolute Gasteiger partial charge is 0.328 e. The topological polar surface area (TPSA) is 104 Å². The van der Waals surface area contributed by atoms with Gasteiger partial charge in [0.25, 0.3) is 0 Å². The van der Waals surface area contributed by atoms with Crippen molar-refractivity contribution in [3.8, 4) is 5.75 Å². The zero-order valence-corrected chi connectivity index (χ0v) is 21.1. The van der Waals surface area contributed by atoms with Crippen LogP contribution in [-0.4, -0.2) is 59.1 Å². The molecule has 0 spiro atoms. The first-order chi connectivity index (χ1) is 16.6. The van der Waals surface area contributed by atoms with Crippen LogP contribution in [0.15, 0.2) is 54.6 Å². The molecule has 7 heteroatoms. The maximum atomic E-state index is 12.7. The molecule has 2 aromatic rings. The summed E-state index contributed by atoms with van der Waals surface area (Å²) in [5, 5.41) is 15.6. The highest BCUT2D eigenvalue weighted by atomic mass is 16.5. The number of likely N-dealkylation sites (N-methyl/N-ethyl adjacent to an activating group) is 1. The second kappa shape index (κ2) is 15.2. The molecule has 0 unspecified atom stereocenters. The quantitative estimate of drug-likeness (QED) is 0.346. The number of nitrogens with zero attached hydrogens (tertiary/aromatic N) is 1. The van der Waals surface area contributed by atoms with E-state index in [4.69, 9.17) is 14.9 Å². The summed E-state index contributed by atoms with van der Waals surface area (Å²) in [5.74, 6) is -1.65. The van der Waals surface area contributed by atoms with E-state index >= 15 is 0 Å². The SMILES string of the molecule is CCN(CC)CCOc1cc(C)c(C(=O)C=Cc2ccccc2C)c(C)c1.O=C(O)C=CC(=O)O. The van der Waals surface area contributed by atoms with Gasteiger partial charge in [0.05, 0.1) is 0 Å². The van der Waals surface area contributed by atoms with E-state index in [0.29, 0.717) is 18.8 Å². The Kier molecular flexibility index (Phi) is 12.8. The van der Waals surface area contributed by atoms with Gasteiger partial charge in [-0.25, -0.2) is 9.59 Å². The molecule has 2 N–H and O–H groups in total. The monoisotopic (exact) mass is 481 g/mol. The van der Waals surface area contributed by atoms with Gasteiger partial charge in [0.2, 0.25) is 0 Å². The van der Waals surface area contributed by atoms with Crippen LogP contribution < -0.4 is 4.74 Å². The molecular weight excluding hydrogens is 446 g/mol. The largest absolute Gasteiger partial charge is 0.492 e. The zero-order chi connectivity index (χ0) is 26.4. The molecule has 0 aliphatic carbocycles. The summed E-state index contributed by atoms with van der Waals surface area (Å²) in [7, 11) is 0. The van der Waals surface area contributed by atoms with E-state index in [1.165, 1.54) is 0 Å². The zero-order valence-electron chi connectivity index (χ0n) is 21.1. The lowest BCUT2D eigenvalue weighted by Gasteiger charge is -2.18. The summed E-state index contributed by atoms with van der Waals surface area (Å²) in [6.45, 7) is 13.9. The molecule has 0 fully saturated rings. The van der Waals surface area contributed by atoms with E-state index in [0.717, 1.165) is 53.2 Å². The van der Waals surface area contributed by atoms with Gasteiger partial charge in [-0.05, 0) is 74.3 Å². The Bertz CT molecular complexity index is 1030. The molecule has 0 bridgehead atoms. The summed E-state index contributed by atoms with van der Waals surface area (Å²) in [5.41, 5.74) is 4.89. The molecule has 35 heavy (non-hydrogen) atoms. The van der Waals surface area contributed by atoms with E-state index in [2.05, 4.69) is 18.7 Å². The fraction of sp³-hybridized carbons (Fsp3) is 0.321. The Hall–Kier alpha value is -3.71. The molecule has 0 atom stereocenters. The van der Waals surface area contributed by atoms with Crippen LogP contribution in [-0.2, 0) is 9.59 Å². The molecule has 0 amide bonds. The van der Waals surface area contributed by atoms with Gasteiger partial charge in [0.1, 0.15) is 12.4 Å². The van der Waals surface area contributed by atoms with Crippen LogP contribution in [0.5, 0.6) is 5.75 Å². The van der Waals surface area contributed by atoms with Gasteiger partial charge in [0.15, 0.2) is 5.78 Å². The van der Waals surface area contributed by atoms with E-state index in [1.54, 1.807) is 6.08 Å². The Morgan fingerprint density at radius 3 is 1.89 bits per heavy atom. The van der Waals surface area contributed by atoms with E-state index < -0.39 is 11.9 Å². The van der Waals surface area contributed by atoms with Gasteiger partial charge in [0, 0.05) is 24.3 Å². The third kappa shape index (κ3) is 10.8. The molecular formula is C28H35NO6. The van der Waals surface area contributed by atoms with Crippen molar-refractivity contribution in [2.45, 2.75) is 34.6 Å². The molecule has 0 aromatic heterocycles. The minimum atomic E-state index is -1.26. The van der Waals surface area contributed by atoms with Gasteiger partial charge in [-0.15, -0.1) is 0 Å². The van der Waals surface area contributed by atoms with Crippen LogP contribution in [0.4, 0.5) is 0 Å². The number of carbonyl (C=O) groups is 3. The third-order valence-corrected chi connectivity index (χ3v) is 5.29. The Morgan fingerprint density at radius 2 is 1.40 bits per heavy atom. The van der Waals surface area contributed by atoms with Crippen LogP contribution in [0.25, 0.3) is 6.08 Å². The average Bonchev–Trinajstić information content (AvgIpc) is 2.80. The van der Waals surface area contributed by atoms with E-state index in [9.17, 15) is 14.4 Å². The molecule has 2 aromatic carbocycles. The van der Waals surface area contributed by atoms with Crippen molar-refractivity contribution in [1.29, 1.82) is 0 Å². The summed E-state index contributed by atoms with van der Waals surface area (Å²) in [4.78, 5) is 34.2. The summed E-state index contributed by atoms with van der Waals surface area (Å²) in [6.07, 6.45) is 4.67. The molecule has 0 aliphatic rings. The number of aliphatic carboxylic acids is 2. The van der Waals surface area contributed by atoms with Crippen molar-refractivity contribution in [2.24, 2.45) is 0 Å². The lowest BCUT2D eigenvalue weighted by molar-refractivity contribution is -0.134. The van der Waals surface area contributed by atoms with Gasteiger partial charge < -0.3 is 19.8 Å². The maximum Gasteiger partial charge on any atom is 0.328 e. The minimum Gasteiger partial charge on any atom is -0.492 e. The van der Waals surface area contributed by atoms with Gasteiger partial charge in [-0.1, -0.05) is 44.2 Å². The Morgan fingerprint density at radius 1 is 0.857 bits per heavy atom. The highest BCUT2D eigenvalue weighted by molar-refractivity contribution is 6.08. The molecule has 0 radical (unpaired) electrons. The number of carboxylic acid groups (broad SMARTS) is 2. The fourth-order valence-electron chi connectivity index (χ4n) is 3.39. The van der Waals surface area contributed by atoms with Gasteiger partial charge >= 0.3 is 11.9 Å². The number of ether oxygens (including phenoxy) is 1. The summed E-state index contributed by atoms with van der Waals surface area (Å²) in [6, 6.07) is 12.0. The van der Waals surface area contributed by atoms with Gasteiger partial charge in [-0.3, -0.25) is 4.79 Å². The second-order valence-corrected chi connectivity index (χ2v) is 7.87. The third-order valence-electron chi connectivity index (χ3n) is 5.29. The van der Waals surface area contributed by atoms with E-state index in [-0.39, 0.29) is 5.78 Å². The van der Waals surface area contributed by atoms with Crippen molar-refractivity contribution in [3.05, 3.63) is 82.4 Å². The van der Waals surface area contributed by atoms with Crippen LogP contribution in [0.1, 0.15) is 46.5 Å². The number of rotatable bonds is 11. The maximum absolute atomic E-state index is 12.7. The second-order valence-electron chi connectivity index (χ2n) is 7.87. The molecule has 188 valence electrons. The first-order valence-corrected chi connectivity index (χ1v) is 11.5. The highest BCUT2D eigenvalue weighted by Gasteiger charge is 2.12. The fourth-order valence-corrected chi connectivity index (χ4v) is 3.39. The number of aryl methyl sites for hydroxylation is 3.